The van der Waals surface area contributed by atoms with Gasteiger partial charge in [-0.3, -0.25) is 0 Å². The van der Waals surface area contributed by atoms with Crippen molar-refractivity contribution >= 4 is 10.9 Å². The van der Waals surface area contributed by atoms with Gasteiger partial charge in [0.1, 0.15) is 0 Å². The van der Waals surface area contributed by atoms with Crippen LogP contribution in [0.2, 0.25) is 0 Å². The summed E-state index contributed by atoms with van der Waals surface area (Å²) >= 11 is 0. The highest BCUT2D eigenvalue weighted by molar-refractivity contribution is 5.81. The molecule has 2 heteroatoms. The van der Waals surface area contributed by atoms with Crippen LogP contribution in [0.1, 0.15) is 11.1 Å². The van der Waals surface area contributed by atoms with Gasteiger partial charge in [-0.25, -0.2) is 0 Å². The minimum Gasteiger partial charge on any atom is -0.346 e. The van der Waals surface area contributed by atoms with Crippen molar-refractivity contribution in [2.75, 3.05) is 20.6 Å². The first kappa shape index (κ1) is 11.2. The monoisotopic (exact) mass is 216 g/mol. The second-order valence-corrected chi connectivity index (χ2v) is 4.81. The Labute approximate surface area is 97.5 Å². The summed E-state index contributed by atoms with van der Waals surface area (Å²) in [6, 6.07) is 6.77. The Morgan fingerprint density at radius 2 is 1.81 bits per heavy atom. The van der Waals surface area contributed by atoms with Gasteiger partial charge in [0, 0.05) is 24.8 Å². The van der Waals surface area contributed by atoms with E-state index in [1.807, 2.05) is 0 Å². The molecule has 0 aliphatic carbocycles. The Kier molecular flexibility index (Phi) is 3.01. The maximum atomic E-state index is 2.34. The molecule has 0 aliphatic heterocycles. The van der Waals surface area contributed by atoms with E-state index in [4.69, 9.17) is 0 Å². The molecule has 1 heterocycles. The van der Waals surface area contributed by atoms with Gasteiger partial charge >= 0.3 is 0 Å². The second kappa shape index (κ2) is 4.30. The smallest absolute Gasteiger partial charge is 0.0483 e. The van der Waals surface area contributed by atoms with Crippen LogP contribution in [0.4, 0.5) is 0 Å². The van der Waals surface area contributed by atoms with E-state index in [-0.39, 0.29) is 0 Å². The molecule has 2 rings (SSSR count). The number of benzene rings is 1. The Morgan fingerprint density at radius 3 is 2.50 bits per heavy atom. The lowest BCUT2D eigenvalue weighted by Gasteiger charge is -2.11. The van der Waals surface area contributed by atoms with E-state index >= 15 is 0 Å². The van der Waals surface area contributed by atoms with Crippen LogP contribution in [0.3, 0.4) is 0 Å². The van der Waals surface area contributed by atoms with Crippen LogP contribution >= 0.6 is 0 Å². The minimum atomic E-state index is 1.05. The summed E-state index contributed by atoms with van der Waals surface area (Å²) < 4.78 is 2.34. The molecule has 2 nitrogen and oxygen atoms in total. The van der Waals surface area contributed by atoms with Crippen LogP contribution in [-0.2, 0) is 6.54 Å². The van der Waals surface area contributed by atoms with Gasteiger partial charge in [-0.1, -0.05) is 0 Å². The van der Waals surface area contributed by atoms with Crippen molar-refractivity contribution in [3.05, 3.63) is 35.5 Å². The Bertz CT molecular complexity index is 495. The standard InChI is InChI=1S/C14H20N2/c1-11-9-13-5-6-16(8-7-15(3)4)14(13)10-12(11)2/h5-6,9-10H,7-8H2,1-4H3. The van der Waals surface area contributed by atoms with E-state index in [1.165, 1.54) is 22.0 Å². The Morgan fingerprint density at radius 1 is 1.12 bits per heavy atom. The first-order valence-corrected chi connectivity index (χ1v) is 5.79. The van der Waals surface area contributed by atoms with Crippen LogP contribution in [-0.4, -0.2) is 30.1 Å². The van der Waals surface area contributed by atoms with Gasteiger partial charge in [0.25, 0.3) is 0 Å². The molecule has 0 fully saturated rings. The van der Waals surface area contributed by atoms with Crippen molar-refractivity contribution in [1.29, 1.82) is 0 Å². The number of hydrogen-bond donors (Lipinski definition) is 0. The predicted molar refractivity (Wildman–Crippen MR) is 70.0 cm³/mol. The summed E-state index contributed by atoms with van der Waals surface area (Å²) in [7, 11) is 4.22. The highest BCUT2D eigenvalue weighted by Gasteiger charge is 2.03. The third-order valence-corrected chi connectivity index (χ3v) is 3.17. The number of aromatic nitrogens is 1. The fourth-order valence-electron chi connectivity index (χ4n) is 1.96. The Balaban J connectivity index is 2.36. The first-order chi connectivity index (χ1) is 7.58. The third-order valence-electron chi connectivity index (χ3n) is 3.17. The maximum Gasteiger partial charge on any atom is 0.0483 e. The molecule has 0 saturated heterocycles. The van der Waals surface area contributed by atoms with Gasteiger partial charge in [-0.2, -0.15) is 0 Å². The minimum absolute atomic E-state index is 1.05. The molecule has 0 unspecified atom stereocenters. The normalized spacial score (nSPS) is 11.6. The van der Waals surface area contributed by atoms with E-state index in [1.54, 1.807) is 0 Å². The third kappa shape index (κ3) is 2.12. The highest BCUT2D eigenvalue weighted by atomic mass is 15.1. The van der Waals surface area contributed by atoms with E-state index < -0.39 is 0 Å². The fraction of sp³-hybridized carbons (Fsp3) is 0.429. The molecule has 0 bridgehead atoms. The molecule has 0 aliphatic rings. The van der Waals surface area contributed by atoms with Crippen molar-refractivity contribution < 1.29 is 0 Å². The predicted octanol–water partition coefficient (Wildman–Crippen LogP) is 2.82. The molecule has 0 radical (unpaired) electrons. The molecule has 86 valence electrons. The van der Waals surface area contributed by atoms with Crippen LogP contribution in [0, 0.1) is 13.8 Å². The van der Waals surface area contributed by atoms with Crippen molar-refractivity contribution in [2.24, 2.45) is 0 Å². The van der Waals surface area contributed by atoms with Crippen molar-refractivity contribution in [3.63, 3.8) is 0 Å². The quantitative estimate of drug-likeness (QED) is 0.766. The molecular formula is C14H20N2. The molecule has 0 spiro atoms. The van der Waals surface area contributed by atoms with Gasteiger partial charge in [-0.05, 0) is 62.7 Å². The van der Waals surface area contributed by atoms with Crippen molar-refractivity contribution in [3.8, 4) is 0 Å². The van der Waals surface area contributed by atoms with Crippen LogP contribution in [0.25, 0.3) is 10.9 Å². The topological polar surface area (TPSA) is 8.17 Å². The summed E-state index contributed by atoms with van der Waals surface area (Å²) in [6.45, 7) is 6.49. The van der Waals surface area contributed by atoms with Gasteiger partial charge < -0.3 is 9.47 Å². The zero-order valence-corrected chi connectivity index (χ0v) is 10.6. The number of fused-ring (bicyclic) bond motifs is 1. The van der Waals surface area contributed by atoms with Gasteiger partial charge in [0.05, 0.1) is 0 Å². The molecule has 1 aromatic heterocycles. The van der Waals surface area contributed by atoms with Crippen LogP contribution in [0.5, 0.6) is 0 Å². The fourth-order valence-corrected chi connectivity index (χ4v) is 1.96. The van der Waals surface area contributed by atoms with E-state index in [0.29, 0.717) is 0 Å². The van der Waals surface area contributed by atoms with Crippen LogP contribution < -0.4 is 0 Å². The number of nitrogens with zero attached hydrogens (tertiary/aromatic N) is 2. The molecule has 0 amide bonds. The Hall–Kier alpha value is -1.28. The summed E-state index contributed by atoms with van der Waals surface area (Å²) in [4.78, 5) is 2.22. The number of rotatable bonds is 3. The first-order valence-electron chi connectivity index (χ1n) is 5.79. The van der Waals surface area contributed by atoms with Gasteiger partial charge in [0.15, 0.2) is 0 Å². The van der Waals surface area contributed by atoms with Crippen molar-refractivity contribution in [1.82, 2.24) is 9.47 Å². The summed E-state index contributed by atoms with van der Waals surface area (Å²) in [5, 5.41) is 1.35. The van der Waals surface area contributed by atoms with E-state index in [0.717, 1.165) is 13.1 Å². The molecular weight excluding hydrogens is 196 g/mol. The lowest BCUT2D eigenvalue weighted by molar-refractivity contribution is 0.387. The molecule has 0 saturated carbocycles. The zero-order valence-electron chi connectivity index (χ0n) is 10.6. The summed E-state index contributed by atoms with van der Waals surface area (Å²) in [5.41, 5.74) is 4.10. The number of hydrogen-bond acceptors (Lipinski definition) is 1. The van der Waals surface area contributed by atoms with Gasteiger partial charge in [0.2, 0.25) is 0 Å². The number of likely N-dealkylation sites (N-methyl/N-ethyl adjacent to an activating group) is 1. The maximum absolute atomic E-state index is 2.34. The average molecular weight is 216 g/mol. The van der Waals surface area contributed by atoms with E-state index in [2.05, 4.69) is 61.8 Å². The summed E-state index contributed by atoms with van der Waals surface area (Å²) in [5.74, 6) is 0. The van der Waals surface area contributed by atoms with Crippen molar-refractivity contribution in [2.45, 2.75) is 20.4 Å². The zero-order chi connectivity index (χ0) is 11.7. The second-order valence-electron chi connectivity index (χ2n) is 4.81. The summed E-state index contributed by atoms with van der Waals surface area (Å²) in [6.07, 6.45) is 2.19. The molecule has 16 heavy (non-hydrogen) atoms. The van der Waals surface area contributed by atoms with E-state index in [9.17, 15) is 0 Å². The molecule has 1 aromatic carbocycles. The lowest BCUT2D eigenvalue weighted by atomic mass is 10.1. The van der Waals surface area contributed by atoms with Gasteiger partial charge in [-0.15, -0.1) is 0 Å². The number of aryl methyl sites for hydroxylation is 2. The van der Waals surface area contributed by atoms with Crippen LogP contribution in [0.15, 0.2) is 24.4 Å². The largest absolute Gasteiger partial charge is 0.346 e. The SMILES string of the molecule is Cc1cc2ccn(CCN(C)C)c2cc1C. The molecule has 0 N–H and O–H groups in total. The lowest BCUT2D eigenvalue weighted by Crippen LogP contribution is -2.17. The molecule has 0 atom stereocenters. The highest BCUT2D eigenvalue weighted by Crippen LogP contribution is 2.20. The average Bonchev–Trinajstić information content (AvgIpc) is 2.58. The molecule has 2 aromatic rings.